The van der Waals surface area contributed by atoms with Crippen molar-refractivity contribution < 1.29 is 0 Å². The molecule has 3 nitrogen and oxygen atoms in total. The number of benzene rings is 1. The molecule has 0 spiro atoms. The van der Waals surface area contributed by atoms with E-state index in [-0.39, 0.29) is 5.96 Å². The lowest BCUT2D eigenvalue weighted by atomic mass is 10.3. The SMILES string of the molecule is CN(C(=N)N)c1cccc(Br)c1. The molecule has 0 aliphatic rings. The minimum Gasteiger partial charge on any atom is -0.370 e. The Morgan fingerprint density at radius 2 is 2.25 bits per heavy atom. The Hall–Kier alpha value is -1.03. The third-order valence-corrected chi connectivity index (χ3v) is 2.05. The number of halogens is 1. The predicted octanol–water partition coefficient (Wildman–Crippen LogP) is 1.78. The molecule has 0 aromatic heterocycles. The van der Waals surface area contributed by atoms with Crippen molar-refractivity contribution in [2.75, 3.05) is 11.9 Å². The van der Waals surface area contributed by atoms with Crippen LogP contribution in [0.1, 0.15) is 0 Å². The molecule has 0 amide bonds. The Bertz CT molecular complexity index is 298. The van der Waals surface area contributed by atoms with E-state index in [1.54, 1.807) is 11.9 Å². The summed E-state index contributed by atoms with van der Waals surface area (Å²) in [4.78, 5) is 1.60. The molecule has 12 heavy (non-hydrogen) atoms. The highest BCUT2D eigenvalue weighted by Crippen LogP contribution is 2.18. The molecule has 1 rings (SSSR count). The van der Waals surface area contributed by atoms with Crippen LogP contribution in [0, 0.1) is 5.41 Å². The first-order valence-corrected chi connectivity index (χ1v) is 4.24. The lowest BCUT2D eigenvalue weighted by Crippen LogP contribution is -2.32. The van der Waals surface area contributed by atoms with Gasteiger partial charge >= 0.3 is 0 Å². The fourth-order valence-electron chi connectivity index (χ4n) is 0.824. The summed E-state index contributed by atoms with van der Waals surface area (Å²) in [5.74, 6) is 0.0353. The number of anilines is 1. The van der Waals surface area contributed by atoms with E-state index in [4.69, 9.17) is 11.1 Å². The molecule has 0 atom stereocenters. The maximum atomic E-state index is 7.20. The Labute approximate surface area is 79.8 Å². The van der Waals surface area contributed by atoms with Gasteiger partial charge in [0.25, 0.3) is 0 Å². The molecule has 1 aromatic carbocycles. The highest BCUT2D eigenvalue weighted by Gasteiger charge is 2.02. The first-order chi connectivity index (χ1) is 5.61. The zero-order valence-electron chi connectivity index (χ0n) is 6.71. The van der Waals surface area contributed by atoms with Gasteiger partial charge in [0.2, 0.25) is 0 Å². The Morgan fingerprint density at radius 1 is 1.58 bits per heavy atom. The van der Waals surface area contributed by atoms with Crippen LogP contribution >= 0.6 is 15.9 Å². The van der Waals surface area contributed by atoms with Crippen LogP contribution in [0.5, 0.6) is 0 Å². The molecule has 0 unspecified atom stereocenters. The summed E-state index contributed by atoms with van der Waals surface area (Å²) in [6.45, 7) is 0. The molecule has 0 radical (unpaired) electrons. The topological polar surface area (TPSA) is 53.1 Å². The first kappa shape index (κ1) is 9.06. The van der Waals surface area contributed by atoms with Crippen molar-refractivity contribution in [1.29, 1.82) is 5.41 Å². The number of nitrogens with two attached hydrogens (primary N) is 1. The van der Waals surface area contributed by atoms with Crippen molar-refractivity contribution in [2.45, 2.75) is 0 Å². The number of nitrogens with one attached hydrogen (secondary N) is 1. The summed E-state index contributed by atoms with van der Waals surface area (Å²) in [6, 6.07) is 7.63. The van der Waals surface area contributed by atoms with Gasteiger partial charge in [-0.25, -0.2) is 0 Å². The molecule has 0 heterocycles. The lowest BCUT2D eigenvalue weighted by Gasteiger charge is -2.16. The van der Waals surface area contributed by atoms with Gasteiger partial charge in [-0.2, -0.15) is 0 Å². The van der Waals surface area contributed by atoms with Crippen molar-refractivity contribution in [3.05, 3.63) is 28.7 Å². The first-order valence-electron chi connectivity index (χ1n) is 3.44. The van der Waals surface area contributed by atoms with Gasteiger partial charge in [-0.1, -0.05) is 22.0 Å². The van der Waals surface area contributed by atoms with Gasteiger partial charge in [-0.15, -0.1) is 0 Å². The second kappa shape index (κ2) is 3.58. The fraction of sp³-hybridized carbons (Fsp3) is 0.125. The number of rotatable bonds is 1. The average Bonchev–Trinajstić information content (AvgIpc) is 2.03. The lowest BCUT2D eigenvalue weighted by molar-refractivity contribution is 1.19. The van der Waals surface area contributed by atoms with Gasteiger partial charge in [0, 0.05) is 17.2 Å². The second-order valence-electron chi connectivity index (χ2n) is 2.42. The Morgan fingerprint density at radius 3 is 2.75 bits per heavy atom. The van der Waals surface area contributed by atoms with E-state index >= 15 is 0 Å². The van der Waals surface area contributed by atoms with Crippen molar-refractivity contribution >= 4 is 27.6 Å². The molecule has 3 N–H and O–H groups in total. The smallest absolute Gasteiger partial charge is 0.192 e. The Balaban J connectivity index is 2.95. The summed E-state index contributed by atoms with van der Waals surface area (Å²) in [7, 11) is 1.75. The van der Waals surface area contributed by atoms with Crippen molar-refractivity contribution in [2.24, 2.45) is 5.73 Å². The van der Waals surface area contributed by atoms with E-state index in [9.17, 15) is 0 Å². The zero-order chi connectivity index (χ0) is 9.14. The number of hydrogen-bond acceptors (Lipinski definition) is 1. The van der Waals surface area contributed by atoms with E-state index in [0.29, 0.717) is 0 Å². The molecule has 64 valence electrons. The van der Waals surface area contributed by atoms with Gasteiger partial charge in [0.05, 0.1) is 0 Å². The maximum Gasteiger partial charge on any atom is 0.192 e. The van der Waals surface area contributed by atoms with Crippen LogP contribution in [0.3, 0.4) is 0 Å². The molecule has 0 saturated carbocycles. The molecule has 0 fully saturated rings. The monoisotopic (exact) mass is 227 g/mol. The van der Waals surface area contributed by atoms with Gasteiger partial charge in [0.15, 0.2) is 5.96 Å². The van der Waals surface area contributed by atoms with Crippen LogP contribution in [-0.2, 0) is 0 Å². The summed E-state index contributed by atoms with van der Waals surface area (Å²) in [5.41, 5.74) is 6.21. The molecule has 0 aliphatic heterocycles. The summed E-state index contributed by atoms with van der Waals surface area (Å²) >= 11 is 3.34. The average molecular weight is 228 g/mol. The molecular weight excluding hydrogens is 218 g/mol. The van der Waals surface area contributed by atoms with E-state index in [1.807, 2.05) is 24.3 Å². The molecular formula is C8H10BrN3. The molecule has 4 heteroatoms. The van der Waals surface area contributed by atoms with Gasteiger partial charge < -0.3 is 10.6 Å². The molecule has 0 bridgehead atoms. The van der Waals surface area contributed by atoms with E-state index in [2.05, 4.69) is 15.9 Å². The number of hydrogen-bond donors (Lipinski definition) is 2. The van der Waals surface area contributed by atoms with Gasteiger partial charge in [-0.05, 0) is 18.2 Å². The number of guanidine groups is 1. The zero-order valence-corrected chi connectivity index (χ0v) is 8.30. The van der Waals surface area contributed by atoms with Crippen LogP contribution in [0.25, 0.3) is 0 Å². The van der Waals surface area contributed by atoms with Crippen molar-refractivity contribution in [1.82, 2.24) is 0 Å². The van der Waals surface area contributed by atoms with Crippen molar-refractivity contribution in [3.8, 4) is 0 Å². The predicted molar refractivity (Wildman–Crippen MR) is 54.5 cm³/mol. The standard InChI is InChI=1S/C8H10BrN3/c1-12(8(10)11)7-4-2-3-6(9)5-7/h2-5H,1H3,(H3,10,11). The van der Waals surface area contributed by atoms with Crippen LogP contribution < -0.4 is 10.6 Å². The highest BCUT2D eigenvalue weighted by molar-refractivity contribution is 9.10. The van der Waals surface area contributed by atoms with E-state index < -0.39 is 0 Å². The normalized spacial score (nSPS) is 9.50. The second-order valence-corrected chi connectivity index (χ2v) is 3.34. The van der Waals surface area contributed by atoms with Crippen LogP contribution in [0.4, 0.5) is 5.69 Å². The largest absolute Gasteiger partial charge is 0.370 e. The minimum atomic E-state index is 0.0353. The van der Waals surface area contributed by atoms with Gasteiger partial charge in [-0.3, -0.25) is 5.41 Å². The molecule has 1 aromatic rings. The molecule has 0 aliphatic carbocycles. The van der Waals surface area contributed by atoms with Crippen molar-refractivity contribution in [3.63, 3.8) is 0 Å². The highest BCUT2D eigenvalue weighted by atomic mass is 79.9. The van der Waals surface area contributed by atoms with E-state index in [0.717, 1.165) is 10.2 Å². The van der Waals surface area contributed by atoms with Crippen LogP contribution in [0.15, 0.2) is 28.7 Å². The third kappa shape index (κ3) is 1.98. The van der Waals surface area contributed by atoms with E-state index in [1.165, 1.54) is 0 Å². The maximum absolute atomic E-state index is 7.20. The summed E-state index contributed by atoms with van der Waals surface area (Å²) in [5, 5.41) is 7.20. The third-order valence-electron chi connectivity index (χ3n) is 1.56. The van der Waals surface area contributed by atoms with Gasteiger partial charge in [0.1, 0.15) is 0 Å². The minimum absolute atomic E-state index is 0.0353. The van der Waals surface area contributed by atoms with Crippen LogP contribution in [-0.4, -0.2) is 13.0 Å². The fourth-order valence-corrected chi connectivity index (χ4v) is 1.21. The summed E-state index contributed by atoms with van der Waals surface area (Å²) < 4.78 is 0.980. The molecule has 0 saturated heterocycles. The quantitative estimate of drug-likeness (QED) is 0.568. The summed E-state index contributed by atoms with van der Waals surface area (Å²) in [6.07, 6.45) is 0. The Kier molecular flexibility index (Phi) is 2.70. The number of nitrogens with zero attached hydrogens (tertiary/aromatic N) is 1. The van der Waals surface area contributed by atoms with Crippen LogP contribution in [0.2, 0.25) is 0 Å².